The van der Waals surface area contributed by atoms with Gasteiger partial charge in [-0.2, -0.15) is 0 Å². The van der Waals surface area contributed by atoms with E-state index >= 15 is 0 Å². The quantitative estimate of drug-likeness (QED) is 0.717. The second kappa shape index (κ2) is 6.40. The zero-order chi connectivity index (χ0) is 13.6. The minimum atomic E-state index is -0.284. The van der Waals surface area contributed by atoms with E-state index in [1.54, 1.807) is 24.3 Å². The lowest BCUT2D eigenvalue weighted by Crippen LogP contribution is -2.36. The van der Waals surface area contributed by atoms with Crippen molar-refractivity contribution in [1.82, 2.24) is 5.32 Å². The van der Waals surface area contributed by atoms with Gasteiger partial charge in [0.1, 0.15) is 5.75 Å². The predicted octanol–water partition coefficient (Wildman–Crippen LogP) is 1.46. The molecule has 1 rings (SSSR count). The maximum absolute atomic E-state index is 11.6. The summed E-state index contributed by atoms with van der Waals surface area (Å²) in [4.78, 5) is 11.6. The zero-order valence-electron chi connectivity index (χ0n) is 10.9. The van der Waals surface area contributed by atoms with E-state index in [0.717, 1.165) is 5.56 Å². The first-order chi connectivity index (χ1) is 8.43. The van der Waals surface area contributed by atoms with E-state index < -0.39 is 0 Å². The van der Waals surface area contributed by atoms with Gasteiger partial charge in [0.05, 0.1) is 0 Å². The van der Waals surface area contributed by atoms with Crippen LogP contribution in [0.15, 0.2) is 24.3 Å². The number of hydrogen-bond acceptors (Lipinski definition) is 3. The second-order valence-corrected chi connectivity index (χ2v) is 5.27. The average molecular weight is 251 g/mol. The fourth-order valence-corrected chi connectivity index (χ4v) is 1.40. The number of aromatic hydroxyl groups is 1. The molecule has 1 aromatic carbocycles. The molecular weight excluding hydrogens is 230 g/mol. The Kier molecular flexibility index (Phi) is 5.16. The molecule has 0 radical (unpaired) electrons. The summed E-state index contributed by atoms with van der Waals surface area (Å²) in [5.74, 6) is 0.206. The molecule has 0 spiro atoms. The smallest absolute Gasteiger partial charge is 0.220 e. The van der Waals surface area contributed by atoms with Crippen LogP contribution in [0.3, 0.4) is 0 Å². The standard InChI is InChI=1S/C14H21NO3/c1-14(2,10-16)9-15-13(18)8-5-11-3-6-12(17)7-4-11/h3-4,6-7,16-17H,5,8-10H2,1-2H3,(H,15,18). The molecule has 0 aliphatic heterocycles. The number of phenols is 1. The molecule has 0 heterocycles. The number of carbonyl (C=O) groups is 1. The molecule has 18 heavy (non-hydrogen) atoms. The van der Waals surface area contributed by atoms with Crippen LogP contribution in [0.2, 0.25) is 0 Å². The number of benzene rings is 1. The summed E-state index contributed by atoms with van der Waals surface area (Å²) in [7, 11) is 0. The van der Waals surface area contributed by atoms with Gasteiger partial charge in [0.2, 0.25) is 5.91 Å². The van der Waals surface area contributed by atoms with Crippen LogP contribution in [0.1, 0.15) is 25.8 Å². The third-order valence-corrected chi connectivity index (χ3v) is 2.77. The summed E-state index contributed by atoms with van der Waals surface area (Å²) in [5, 5.41) is 21.0. The van der Waals surface area contributed by atoms with Crippen LogP contribution in [0.25, 0.3) is 0 Å². The Morgan fingerprint density at radius 1 is 1.28 bits per heavy atom. The summed E-state index contributed by atoms with van der Waals surface area (Å²) in [6.07, 6.45) is 1.05. The van der Waals surface area contributed by atoms with Crippen molar-refractivity contribution in [2.24, 2.45) is 5.41 Å². The highest BCUT2D eigenvalue weighted by atomic mass is 16.3. The lowest BCUT2D eigenvalue weighted by atomic mass is 9.95. The van der Waals surface area contributed by atoms with Gasteiger partial charge in [-0.05, 0) is 24.1 Å². The number of amides is 1. The van der Waals surface area contributed by atoms with Gasteiger partial charge in [-0.3, -0.25) is 4.79 Å². The highest BCUT2D eigenvalue weighted by Gasteiger charge is 2.17. The third-order valence-electron chi connectivity index (χ3n) is 2.77. The average Bonchev–Trinajstić information content (AvgIpc) is 2.36. The summed E-state index contributed by atoms with van der Waals surface area (Å²) >= 11 is 0. The van der Waals surface area contributed by atoms with Crippen molar-refractivity contribution < 1.29 is 15.0 Å². The first-order valence-corrected chi connectivity index (χ1v) is 6.08. The van der Waals surface area contributed by atoms with Gasteiger partial charge < -0.3 is 15.5 Å². The van der Waals surface area contributed by atoms with E-state index in [9.17, 15) is 4.79 Å². The molecule has 4 heteroatoms. The largest absolute Gasteiger partial charge is 0.508 e. The van der Waals surface area contributed by atoms with Crippen LogP contribution >= 0.6 is 0 Å². The van der Waals surface area contributed by atoms with Gasteiger partial charge in [0.15, 0.2) is 0 Å². The van der Waals surface area contributed by atoms with Gasteiger partial charge in [-0.15, -0.1) is 0 Å². The Morgan fingerprint density at radius 2 is 1.89 bits per heavy atom. The third kappa shape index (κ3) is 5.19. The van der Waals surface area contributed by atoms with E-state index in [-0.39, 0.29) is 23.7 Å². The number of aryl methyl sites for hydroxylation is 1. The van der Waals surface area contributed by atoms with Gasteiger partial charge in [0.25, 0.3) is 0 Å². The molecule has 0 unspecified atom stereocenters. The Bertz CT molecular complexity index is 385. The van der Waals surface area contributed by atoms with E-state index in [0.29, 0.717) is 19.4 Å². The Hall–Kier alpha value is -1.55. The normalized spacial score (nSPS) is 11.3. The fourth-order valence-electron chi connectivity index (χ4n) is 1.40. The van der Waals surface area contributed by atoms with E-state index in [1.807, 2.05) is 13.8 Å². The first-order valence-electron chi connectivity index (χ1n) is 6.08. The summed E-state index contributed by atoms with van der Waals surface area (Å²) < 4.78 is 0. The van der Waals surface area contributed by atoms with E-state index in [2.05, 4.69) is 5.32 Å². The molecule has 0 fully saturated rings. The van der Waals surface area contributed by atoms with Crippen molar-refractivity contribution in [3.63, 3.8) is 0 Å². The molecular formula is C14H21NO3. The Labute approximate surface area is 108 Å². The van der Waals surface area contributed by atoms with Crippen molar-refractivity contribution in [1.29, 1.82) is 0 Å². The van der Waals surface area contributed by atoms with Gasteiger partial charge in [-0.1, -0.05) is 26.0 Å². The van der Waals surface area contributed by atoms with E-state index in [4.69, 9.17) is 10.2 Å². The zero-order valence-corrected chi connectivity index (χ0v) is 10.9. The van der Waals surface area contributed by atoms with Crippen molar-refractivity contribution in [3.8, 4) is 5.75 Å². The fraction of sp³-hybridized carbons (Fsp3) is 0.500. The van der Waals surface area contributed by atoms with Crippen LogP contribution in [-0.4, -0.2) is 29.3 Å². The highest BCUT2D eigenvalue weighted by molar-refractivity contribution is 5.76. The summed E-state index contributed by atoms with van der Waals surface area (Å²) in [6, 6.07) is 6.84. The summed E-state index contributed by atoms with van der Waals surface area (Å²) in [6.45, 7) is 4.31. The molecule has 0 saturated heterocycles. The molecule has 100 valence electrons. The molecule has 4 nitrogen and oxygen atoms in total. The van der Waals surface area contributed by atoms with Crippen molar-refractivity contribution in [2.75, 3.05) is 13.2 Å². The molecule has 0 saturated carbocycles. The van der Waals surface area contributed by atoms with Crippen LogP contribution in [0.5, 0.6) is 5.75 Å². The lowest BCUT2D eigenvalue weighted by Gasteiger charge is -2.21. The van der Waals surface area contributed by atoms with Crippen LogP contribution in [-0.2, 0) is 11.2 Å². The van der Waals surface area contributed by atoms with Gasteiger partial charge in [0, 0.05) is 25.0 Å². The molecule has 0 aliphatic carbocycles. The van der Waals surface area contributed by atoms with Crippen LogP contribution in [0, 0.1) is 5.41 Å². The van der Waals surface area contributed by atoms with Gasteiger partial charge in [-0.25, -0.2) is 0 Å². The molecule has 0 atom stereocenters. The number of hydrogen-bond donors (Lipinski definition) is 3. The number of aliphatic hydroxyl groups excluding tert-OH is 1. The number of rotatable bonds is 6. The summed E-state index contributed by atoms with van der Waals surface area (Å²) in [5.41, 5.74) is 0.734. The topological polar surface area (TPSA) is 69.6 Å². The van der Waals surface area contributed by atoms with E-state index in [1.165, 1.54) is 0 Å². The maximum Gasteiger partial charge on any atom is 0.220 e. The number of carbonyl (C=O) groups excluding carboxylic acids is 1. The predicted molar refractivity (Wildman–Crippen MR) is 70.3 cm³/mol. The maximum atomic E-state index is 11.6. The molecule has 1 aromatic rings. The highest BCUT2D eigenvalue weighted by Crippen LogP contribution is 2.12. The van der Waals surface area contributed by atoms with Crippen molar-refractivity contribution >= 4 is 5.91 Å². The molecule has 0 aromatic heterocycles. The van der Waals surface area contributed by atoms with Crippen molar-refractivity contribution in [3.05, 3.63) is 29.8 Å². The molecule has 0 aliphatic rings. The van der Waals surface area contributed by atoms with Crippen LogP contribution in [0.4, 0.5) is 0 Å². The number of phenolic OH excluding ortho intramolecular Hbond substituents is 1. The minimum Gasteiger partial charge on any atom is -0.508 e. The Morgan fingerprint density at radius 3 is 2.44 bits per heavy atom. The number of nitrogens with one attached hydrogen (secondary N) is 1. The van der Waals surface area contributed by atoms with Crippen molar-refractivity contribution in [2.45, 2.75) is 26.7 Å². The van der Waals surface area contributed by atoms with Gasteiger partial charge >= 0.3 is 0 Å². The first kappa shape index (κ1) is 14.5. The SMILES string of the molecule is CC(C)(CO)CNC(=O)CCc1ccc(O)cc1. The monoisotopic (exact) mass is 251 g/mol. The molecule has 0 bridgehead atoms. The lowest BCUT2D eigenvalue weighted by molar-refractivity contribution is -0.121. The number of aliphatic hydroxyl groups is 1. The Balaban J connectivity index is 2.31. The second-order valence-electron chi connectivity index (χ2n) is 5.27. The van der Waals surface area contributed by atoms with Crippen LogP contribution < -0.4 is 5.32 Å². The minimum absolute atomic E-state index is 0.0235. The molecule has 3 N–H and O–H groups in total. The molecule has 1 amide bonds.